The number of aldehydes is 2. The first kappa shape index (κ1) is 13.0. The molecule has 0 atom stereocenters. The van der Waals surface area contributed by atoms with Gasteiger partial charge < -0.3 is 0 Å². The highest BCUT2D eigenvalue weighted by atomic mass is 79.9. The van der Waals surface area contributed by atoms with Crippen LogP contribution in [0.5, 0.6) is 0 Å². The van der Waals surface area contributed by atoms with Gasteiger partial charge in [-0.05, 0) is 12.1 Å². The average molecular weight is 398 g/mol. The molecular formula is C14H6Br2O2S. The third-order valence-electron chi connectivity index (χ3n) is 3.02. The summed E-state index contributed by atoms with van der Waals surface area (Å²) in [6.45, 7) is 0. The zero-order chi connectivity index (χ0) is 13.6. The van der Waals surface area contributed by atoms with Gasteiger partial charge >= 0.3 is 0 Å². The van der Waals surface area contributed by atoms with E-state index in [-0.39, 0.29) is 0 Å². The Morgan fingerprint density at radius 3 is 1.58 bits per heavy atom. The van der Waals surface area contributed by atoms with Crippen LogP contribution in [0.15, 0.2) is 33.2 Å². The van der Waals surface area contributed by atoms with E-state index >= 15 is 0 Å². The summed E-state index contributed by atoms with van der Waals surface area (Å²) in [5, 5.41) is 2.00. The lowest BCUT2D eigenvalue weighted by atomic mass is 10.1. The standard InChI is InChI=1S/C14H6Br2O2S/c15-11-3-1-7-8-2-4-12(16)10(6-18)14(8)19-13(7)9(11)5-17/h1-6H. The molecule has 0 aliphatic heterocycles. The van der Waals surface area contributed by atoms with Gasteiger partial charge in [-0.15, -0.1) is 11.3 Å². The number of carbonyl (C=O) groups excluding carboxylic acids is 2. The monoisotopic (exact) mass is 396 g/mol. The van der Waals surface area contributed by atoms with Crippen LogP contribution in [0.25, 0.3) is 20.2 Å². The van der Waals surface area contributed by atoms with Gasteiger partial charge in [-0.3, -0.25) is 9.59 Å². The van der Waals surface area contributed by atoms with Crippen molar-refractivity contribution in [2.24, 2.45) is 0 Å². The lowest BCUT2D eigenvalue weighted by Gasteiger charge is -1.98. The number of rotatable bonds is 2. The second-order valence-electron chi connectivity index (χ2n) is 4.01. The average Bonchev–Trinajstić information content (AvgIpc) is 2.77. The molecule has 0 aliphatic rings. The van der Waals surface area contributed by atoms with Crippen molar-refractivity contribution in [2.75, 3.05) is 0 Å². The van der Waals surface area contributed by atoms with Gasteiger partial charge in [0.05, 0.1) is 0 Å². The van der Waals surface area contributed by atoms with Gasteiger partial charge in [0, 0.05) is 40.2 Å². The third kappa shape index (κ3) is 1.88. The summed E-state index contributed by atoms with van der Waals surface area (Å²) in [6.07, 6.45) is 1.69. The molecule has 0 aliphatic carbocycles. The maximum atomic E-state index is 11.2. The van der Waals surface area contributed by atoms with Gasteiger partial charge in [0.2, 0.25) is 0 Å². The summed E-state index contributed by atoms with van der Waals surface area (Å²) in [4.78, 5) is 22.5. The molecule has 0 N–H and O–H groups in total. The lowest BCUT2D eigenvalue weighted by molar-refractivity contribution is 0.111. The Labute approximate surface area is 129 Å². The number of fused-ring (bicyclic) bond motifs is 3. The lowest BCUT2D eigenvalue weighted by Crippen LogP contribution is -1.82. The van der Waals surface area contributed by atoms with Crippen LogP contribution in [0.1, 0.15) is 20.7 Å². The van der Waals surface area contributed by atoms with Crippen LogP contribution in [0, 0.1) is 0 Å². The number of benzene rings is 2. The summed E-state index contributed by atoms with van der Waals surface area (Å²) in [6, 6.07) is 7.66. The number of hydrogen-bond acceptors (Lipinski definition) is 3. The van der Waals surface area contributed by atoms with E-state index in [2.05, 4.69) is 31.9 Å². The maximum Gasteiger partial charge on any atom is 0.152 e. The van der Waals surface area contributed by atoms with Crippen molar-refractivity contribution in [2.45, 2.75) is 0 Å². The Morgan fingerprint density at radius 1 is 0.789 bits per heavy atom. The van der Waals surface area contributed by atoms with Crippen molar-refractivity contribution in [3.63, 3.8) is 0 Å². The smallest absolute Gasteiger partial charge is 0.152 e. The van der Waals surface area contributed by atoms with Crippen molar-refractivity contribution >= 4 is 75.9 Å². The number of carbonyl (C=O) groups is 2. The summed E-state index contributed by atoms with van der Waals surface area (Å²) in [5.41, 5.74) is 1.26. The number of hydrogen-bond donors (Lipinski definition) is 0. The molecule has 2 aromatic carbocycles. The first-order valence-electron chi connectivity index (χ1n) is 5.41. The van der Waals surface area contributed by atoms with Gasteiger partial charge in [-0.25, -0.2) is 0 Å². The van der Waals surface area contributed by atoms with Crippen LogP contribution >= 0.6 is 43.2 Å². The molecule has 0 bridgehead atoms. The Morgan fingerprint density at radius 2 is 1.21 bits per heavy atom. The molecule has 0 saturated heterocycles. The molecule has 0 radical (unpaired) electrons. The second-order valence-corrected chi connectivity index (χ2v) is 6.74. The van der Waals surface area contributed by atoms with E-state index in [1.807, 2.05) is 24.3 Å². The molecule has 0 spiro atoms. The largest absolute Gasteiger partial charge is 0.298 e. The predicted octanol–water partition coefficient (Wildman–Crippen LogP) is 5.20. The summed E-state index contributed by atoms with van der Waals surface area (Å²) in [7, 11) is 0. The van der Waals surface area contributed by atoms with E-state index in [1.54, 1.807) is 0 Å². The Balaban J connectivity index is 2.58. The van der Waals surface area contributed by atoms with E-state index < -0.39 is 0 Å². The quantitative estimate of drug-likeness (QED) is 0.556. The molecule has 94 valence electrons. The minimum Gasteiger partial charge on any atom is -0.298 e. The van der Waals surface area contributed by atoms with E-state index in [4.69, 9.17) is 0 Å². The van der Waals surface area contributed by atoms with E-state index in [9.17, 15) is 9.59 Å². The van der Waals surface area contributed by atoms with Crippen molar-refractivity contribution in [1.82, 2.24) is 0 Å². The van der Waals surface area contributed by atoms with Gasteiger partial charge in [0.15, 0.2) is 12.6 Å². The molecule has 0 saturated carbocycles. The van der Waals surface area contributed by atoms with Gasteiger partial charge in [0.25, 0.3) is 0 Å². The minimum absolute atomic E-state index is 0.631. The van der Waals surface area contributed by atoms with Crippen molar-refractivity contribution in [3.05, 3.63) is 44.3 Å². The maximum absolute atomic E-state index is 11.2. The molecule has 5 heteroatoms. The predicted molar refractivity (Wildman–Crippen MR) is 85.5 cm³/mol. The molecule has 0 fully saturated rings. The van der Waals surface area contributed by atoms with Crippen LogP contribution in [-0.2, 0) is 0 Å². The molecule has 1 heterocycles. The van der Waals surface area contributed by atoms with Crippen LogP contribution in [0.2, 0.25) is 0 Å². The van der Waals surface area contributed by atoms with Crippen molar-refractivity contribution < 1.29 is 9.59 Å². The van der Waals surface area contributed by atoms with E-state index in [0.29, 0.717) is 11.1 Å². The molecular weight excluding hydrogens is 392 g/mol. The highest BCUT2D eigenvalue weighted by Crippen LogP contribution is 2.40. The van der Waals surface area contributed by atoms with Crippen LogP contribution in [0.4, 0.5) is 0 Å². The zero-order valence-corrected chi connectivity index (χ0v) is 13.4. The molecule has 3 aromatic rings. The molecule has 0 unspecified atom stereocenters. The Kier molecular flexibility index (Phi) is 3.28. The van der Waals surface area contributed by atoms with Crippen LogP contribution in [0.3, 0.4) is 0 Å². The van der Waals surface area contributed by atoms with Gasteiger partial charge in [-0.2, -0.15) is 0 Å². The Bertz CT molecular complexity index is 768. The molecule has 0 amide bonds. The van der Waals surface area contributed by atoms with Crippen LogP contribution in [-0.4, -0.2) is 12.6 Å². The fourth-order valence-electron chi connectivity index (χ4n) is 2.12. The molecule has 19 heavy (non-hydrogen) atoms. The summed E-state index contributed by atoms with van der Waals surface area (Å²) < 4.78 is 3.35. The fourth-order valence-corrected chi connectivity index (χ4v) is 4.54. The number of halogens is 2. The molecule has 3 rings (SSSR count). The topological polar surface area (TPSA) is 34.1 Å². The van der Waals surface area contributed by atoms with Crippen molar-refractivity contribution in [3.8, 4) is 0 Å². The first-order valence-corrected chi connectivity index (χ1v) is 7.81. The van der Waals surface area contributed by atoms with E-state index in [0.717, 1.165) is 41.7 Å². The normalized spacial score (nSPS) is 11.1. The zero-order valence-electron chi connectivity index (χ0n) is 9.44. The summed E-state index contributed by atoms with van der Waals surface area (Å²) >= 11 is 8.23. The highest BCUT2D eigenvalue weighted by molar-refractivity contribution is 9.10. The Hall–Kier alpha value is -1.04. The number of thiophene rings is 1. The highest BCUT2D eigenvalue weighted by Gasteiger charge is 2.14. The first-order chi connectivity index (χ1) is 9.17. The molecule has 2 nitrogen and oxygen atoms in total. The fraction of sp³-hybridized carbons (Fsp3) is 0. The van der Waals surface area contributed by atoms with Crippen molar-refractivity contribution in [1.29, 1.82) is 0 Å². The molecule has 1 aromatic heterocycles. The SMILES string of the molecule is O=Cc1c(Br)ccc2c1sc1c(C=O)c(Br)ccc12. The van der Waals surface area contributed by atoms with Crippen LogP contribution < -0.4 is 0 Å². The summed E-state index contributed by atoms with van der Waals surface area (Å²) in [5.74, 6) is 0. The van der Waals surface area contributed by atoms with Gasteiger partial charge in [-0.1, -0.05) is 44.0 Å². The third-order valence-corrected chi connectivity index (χ3v) is 5.69. The minimum atomic E-state index is 0.631. The van der Waals surface area contributed by atoms with E-state index in [1.165, 1.54) is 11.3 Å². The second kappa shape index (κ2) is 4.81. The van der Waals surface area contributed by atoms with Gasteiger partial charge in [0.1, 0.15) is 0 Å².